The highest BCUT2D eigenvalue weighted by atomic mass is 19.1. The molecule has 1 unspecified atom stereocenters. The third kappa shape index (κ3) is 1.71. The minimum Gasteiger partial charge on any atom is -0.347 e. The van der Waals surface area contributed by atoms with E-state index >= 15 is 0 Å². The maximum Gasteiger partial charge on any atom is 0.125 e. The molecule has 0 aliphatic carbocycles. The van der Waals surface area contributed by atoms with Crippen molar-refractivity contribution >= 4 is 10.9 Å². The molecule has 3 heteroatoms. The number of nitrogens with two attached hydrogens (primary N) is 1. The van der Waals surface area contributed by atoms with Crippen LogP contribution in [0.2, 0.25) is 0 Å². The van der Waals surface area contributed by atoms with Gasteiger partial charge >= 0.3 is 0 Å². The van der Waals surface area contributed by atoms with Crippen LogP contribution < -0.4 is 5.73 Å². The van der Waals surface area contributed by atoms with Gasteiger partial charge in [0.1, 0.15) is 5.82 Å². The summed E-state index contributed by atoms with van der Waals surface area (Å²) in [4.78, 5) is 0. The number of fused-ring (bicyclic) bond motifs is 1. The Hall–Kier alpha value is -1.35. The molecule has 2 N–H and O–H groups in total. The maximum atomic E-state index is 13.2. The first-order valence-electron chi connectivity index (χ1n) is 5.65. The monoisotopic (exact) mass is 220 g/mol. The van der Waals surface area contributed by atoms with E-state index in [-0.39, 0.29) is 5.82 Å². The van der Waals surface area contributed by atoms with Crippen LogP contribution in [0.25, 0.3) is 10.9 Å². The zero-order chi connectivity index (χ0) is 11.7. The highest BCUT2D eigenvalue weighted by Crippen LogP contribution is 2.27. The first-order chi connectivity index (χ1) is 7.67. The molecule has 16 heavy (non-hydrogen) atoms. The molecule has 1 aromatic carbocycles. The van der Waals surface area contributed by atoms with Crippen molar-refractivity contribution in [2.75, 3.05) is 6.54 Å². The fourth-order valence-corrected chi connectivity index (χ4v) is 2.07. The third-order valence-electron chi connectivity index (χ3n) is 3.10. The summed E-state index contributed by atoms with van der Waals surface area (Å²) >= 11 is 0. The van der Waals surface area contributed by atoms with Crippen LogP contribution in [0.4, 0.5) is 4.39 Å². The number of halogens is 1. The van der Waals surface area contributed by atoms with Crippen LogP contribution in [-0.4, -0.2) is 11.1 Å². The normalized spacial score (nSPS) is 13.2. The van der Waals surface area contributed by atoms with Crippen LogP contribution in [0.1, 0.15) is 25.3 Å². The molecule has 0 amide bonds. The van der Waals surface area contributed by atoms with Gasteiger partial charge in [0.05, 0.1) is 5.52 Å². The molecule has 1 atom stereocenters. The second-order valence-corrected chi connectivity index (χ2v) is 4.17. The molecule has 0 spiro atoms. The fraction of sp³-hybridized carbons (Fsp3) is 0.385. The van der Waals surface area contributed by atoms with Gasteiger partial charge in [0.25, 0.3) is 0 Å². The van der Waals surface area contributed by atoms with E-state index in [1.807, 2.05) is 6.07 Å². The number of hydrogen-bond acceptors (Lipinski definition) is 1. The summed E-state index contributed by atoms with van der Waals surface area (Å²) in [5, 5.41) is 1.11. The van der Waals surface area contributed by atoms with Crippen LogP contribution >= 0.6 is 0 Å². The van der Waals surface area contributed by atoms with Gasteiger partial charge in [0.15, 0.2) is 0 Å². The molecule has 86 valence electrons. The van der Waals surface area contributed by atoms with E-state index in [4.69, 9.17) is 5.73 Å². The molecule has 0 aliphatic rings. The smallest absolute Gasteiger partial charge is 0.125 e. The molecule has 0 fully saturated rings. The molecule has 0 bridgehead atoms. The van der Waals surface area contributed by atoms with Gasteiger partial charge in [-0.3, -0.25) is 0 Å². The average Bonchev–Trinajstić information content (AvgIpc) is 2.66. The third-order valence-corrected chi connectivity index (χ3v) is 3.10. The molecule has 2 nitrogen and oxygen atoms in total. The Balaban J connectivity index is 2.67. The quantitative estimate of drug-likeness (QED) is 0.847. The standard InChI is InChI=1S/C13H17FN2/c1-3-16-8-12(9(2)7-15)11-5-4-10(14)6-13(11)16/h4-6,8-9H,3,7,15H2,1-2H3. The molecule has 1 heterocycles. The summed E-state index contributed by atoms with van der Waals surface area (Å²) in [6.07, 6.45) is 2.08. The van der Waals surface area contributed by atoms with Gasteiger partial charge in [-0.2, -0.15) is 0 Å². The number of aryl methyl sites for hydroxylation is 1. The Kier molecular flexibility index (Phi) is 2.97. The van der Waals surface area contributed by atoms with Crippen LogP contribution in [0.5, 0.6) is 0 Å². The van der Waals surface area contributed by atoms with Crippen molar-refractivity contribution in [3.8, 4) is 0 Å². The maximum absolute atomic E-state index is 13.2. The first-order valence-corrected chi connectivity index (χ1v) is 5.65. The van der Waals surface area contributed by atoms with E-state index < -0.39 is 0 Å². The predicted molar refractivity (Wildman–Crippen MR) is 65.0 cm³/mol. The van der Waals surface area contributed by atoms with Gasteiger partial charge in [-0.15, -0.1) is 0 Å². The Labute approximate surface area is 94.9 Å². The highest BCUT2D eigenvalue weighted by molar-refractivity contribution is 5.84. The second-order valence-electron chi connectivity index (χ2n) is 4.17. The van der Waals surface area contributed by atoms with Crippen molar-refractivity contribution in [1.29, 1.82) is 0 Å². The fourth-order valence-electron chi connectivity index (χ4n) is 2.07. The summed E-state index contributed by atoms with van der Waals surface area (Å²) < 4.78 is 15.3. The van der Waals surface area contributed by atoms with Gasteiger partial charge in [-0.1, -0.05) is 6.92 Å². The van der Waals surface area contributed by atoms with E-state index in [1.54, 1.807) is 6.07 Å². The minimum atomic E-state index is -0.188. The summed E-state index contributed by atoms with van der Waals surface area (Å²) in [5.74, 6) is 0.119. The lowest BCUT2D eigenvalue weighted by Crippen LogP contribution is -2.08. The average molecular weight is 220 g/mol. The van der Waals surface area contributed by atoms with E-state index in [0.29, 0.717) is 12.5 Å². The molecule has 0 saturated carbocycles. The Morgan fingerprint density at radius 1 is 1.44 bits per heavy atom. The Bertz CT molecular complexity index is 502. The number of benzene rings is 1. The Morgan fingerprint density at radius 2 is 2.19 bits per heavy atom. The van der Waals surface area contributed by atoms with Gasteiger partial charge in [0.2, 0.25) is 0 Å². The molecule has 2 rings (SSSR count). The van der Waals surface area contributed by atoms with Crippen molar-refractivity contribution < 1.29 is 4.39 Å². The summed E-state index contributed by atoms with van der Waals surface area (Å²) in [7, 11) is 0. The van der Waals surface area contributed by atoms with E-state index in [2.05, 4.69) is 24.6 Å². The lowest BCUT2D eigenvalue weighted by Gasteiger charge is -2.05. The zero-order valence-electron chi connectivity index (χ0n) is 9.70. The van der Waals surface area contributed by atoms with E-state index in [1.165, 1.54) is 11.6 Å². The lowest BCUT2D eigenvalue weighted by atomic mass is 10.0. The number of nitrogens with zero attached hydrogens (tertiary/aromatic N) is 1. The molecular formula is C13H17FN2. The van der Waals surface area contributed by atoms with E-state index in [9.17, 15) is 4.39 Å². The molecule has 2 aromatic rings. The summed E-state index contributed by atoms with van der Waals surface area (Å²) in [5.41, 5.74) is 7.86. The van der Waals surface area contributed by atoms with Crippen LogP contribution in [0.15, 0.2) is 24.4 Å². The van der Waals surface area contributed by atoms with E-state index in [0.717, 1.165) is 17.4 Å². The van der Waals surface area contributed by atoms with Gasteiger partial charge in [-0.05, 0) is 43.1 Å². The number of hydrogen-bond donors (Lipinski definition) is 1. The molecular weight excluding hydrogens is 203 g/mol. The van der Waals surface area contributed by atoms with Gasteiger partial charge < -0.3 is 10.3 Å². The topological polar surface area (TPSA) is 30.9 Å². The predicted octanol–water partition coefficient (Wildman–Crippen LogP) is 2.86. The number of aromatic nitrogens is 1. The molecule has 0 radical (unpaired) electrons. The molecule has 0 aliphatic heterocycles. The first kappa shape index (κ1) is 11.1. The highest BCUT2D eigenvalue weighted by Gasteiger charge is 2.12. The largest absolute Gasteiger partial charge is 0.347 e. The minimum absolute atomic E-state index is 0.188. The van der Waals surface area contributed by atoms with Crippen molar-refractivity contribution in [3.05, 3.63) is 35.8 Å². The van der Waals surface area contributed by atoms with Crippen LogP contribution in [-0.2, 0) is 6.54 Å². The number of rotatable bonds is 3. The summed E-state index contributed by atoms with van der Waals surface area (Å²) in [6, 6.07) is 4.94. The zero-order valence-corrected chi connectivity index (χ0v) is 9.70. The van der Waals surface area contributed by atoms with Crippen molar-refractivity contribution in [2.45, 2.75) is 26.3 Å². The summed E-state index contributed by atoms with van der Waals surface area (Å²) in [6.45, 7) is 5.61. The van der Waals surface area contributed by atoms with Crippen molar-refractivity contribution in [1.82, 2.24) is 4.57 Å². The van der Waals surface area contributed by atoms with Crippen LogP contribution in [0, 0.1) is 5.82 Å². The van der Waals surface area contributed by atoms with Crippen LogP contribution in [0.3, 0.4) is 0 Å². The van der Waals surface area contributed by atoms with Crippen molar-refractivity contribution in [3.63, 3.8) is 0 Å². The Morgan fingerprint density at radius 3 is 2.81 bits per heavy atom. The van der Waals surface area contributed by atoms with Crippen molar-refractivity contribution in [2.24, 2.45) is 5.73 Å². The van der Waals surface area contributed by atoms with Gasteiger partial charge in [0, 0.05) is 18.1 Å². The second kappa shape index (κ2) is 4.26. The lowest BCUT2D eigenvalue weighted by molar-refractivity contribution is 0.628. The SMILES string of the molecule is CCn1cc(C(C)CN)c2ccc(F)cc21. The molecule has 1 aromatic heterocycles. The van der Waals surface area contributed by atoms with Gasteiger partial charge in [-0.25, -0.2) is 4.39 Å². The molecule has 0 saturated heterocycles.